The number of benzene rings is 3. The molecule has 0 aliphatic carbocycles. The molecule has 1 atom stereocenters. The zero-order valence-corrected chi connectivity index (χ0v) is 19.6. The number of fused-ring (bicyclic) bond motifs is 1. The maximum absolute atomic E-state index is 13.1. The molecule has 1 heterocycles. The van der Waals surface area contributed by atoms with Gasteiger partial charge in [-0.3, -0.25) is 4.79 Å². The van der Waals surface area contributed by atoms with Crippen molar-refractivity contribution in [3.63, 3.8) is 0 Å². The molecule has 1 amide bonds. The molecule has 0 saturated heterocycles. The lowest BCUT2D eigenvalue weighted by atomic mass is 9.98. The number of carbonyl (C=O) groups excluding carboxylic acids is 1. The Balaban J connectivity index is 1.67. The topological polar surface area (TPSA) is 73.6 Å². The van der Waals surface area contributed by atoms with Crippen LogP contribution in [0.15, 0.2) is 59.0 Å². The van der Waals surface area contributed by atoms with Gasteiger partial charge in [-0.05, 0) is 66.8 Å². The average Bonchev–Trinajstić information content (AvgIpc) is 3.27. The van der Waals surface area contributed by atoms with Crippen LogP contribution in [-0.2, 0) is 0 Å². The molecule has 0 aliphatic rings. The molecule has 6 heteroatoms. The highest BCUT2D eigenvalue weighted by Crippen LogP contribution is 2.32. The Morgan fingerprint density at radius 1 is 1.06 bits per heavy atom. The molecule has 4 aromatic rings. The van der Waals surface area contributed by atoms with E-state index in [1.165, 1.54) is 19.8 Å². The summed E-state index contributed by atoms with van der Waals surface area (Å²) in [6.07, 6.45) is 1.06. The largest absolute Gasteiger partial charge is 0.496 e. The average molecular weight is 445 g/mol. The molecule has 33 heavy (non-hydrogen) atoms. The van der Waals surface area contributed by atoms with Gasteiger partial charge in [-0.15, -0.1) is 0 Å². The summed E-state index contributed by atoms with van der Waals surface area (Å²) in [5.41, 5.74) is 5.50. The van der Waals surface area contributed by atoms with Crippen LogP contribution in [0.5, 0.6) is 11.5 Å². The molecule has 170 valence electrons. The van der Waals surface area contributed by atoms with Crippen LogP contribution in [0.3, 0.4) is 0 Å². The Hall–Kier alpha value is -3.80. The van der Waals surface area contributed by atoms with Crippen molar-refractivity contribution in [3.05, 3.63) is 71.3 Å². The van der Waals surface area contributed by atoms with E-state index in [1.54, 1.807) is 18.2 Å². The van der Waals surface area contributed by atoms with E-state index in [0.29, 0.717) is 34.6 Å². The van der Waals surface area contributed by atoms with Crippen molar-refractivity contribution < 1.29 is 18.7 Å². The van der Waals surface area contributed by atoms with Crippen LogP contribution in [0, 0.1) is 6.92 Å². The molecule has 1 aromatic heterocycles. The van der Waals surface area contributed by atoms with Crippen LogP contribution in [0.4, 0.5) is 5.69 Å². The van der Waals surface area contributed by atoms with E-state index < -0.39 is 0 Å². The van der Waals surface area contributed by atoms with Crippen molar-refractivity contribution in [3.8, 4) is 23.0 Å². The van der Waals surface area contributed by atoms with Crippen molar-refractivity contribution in [1.29, 1.82) is 0 Å². The van der Waals surface area contributed by atoms with Crippen LogP contribution < -0.4 is 14.8 Å². The molecule has 0 unspecified atom stereocenters. The number of aromatic nitrogens is 1. The van der Waals surface area contributed by atoms with E-state index in [9.17, 15) is 4.79 Å². The highest BCUT2D eigenvalue weighted by atomic mass is 16.5. The Morgan fingerprint density at radius 2 is 1.79 bits per heavy atom. The van der Waals surface area contributed by atoms with Gasteiger partial charge in [-0.1, -0.05) is 32.0 Å². The highest BCUT2D eigenvalue weighted by molar-refractivity contribution is 6.08. The van der Waals surface area contributed by atoms with Gasteiger partial charge in [0, 0.05) is 11.3 Å². The maximum Gasteiger partial charge on any atom is 0.263 e. The minimum absolute atomic E-state index is 0.319. The van der Waals surface area contributed by atoms with Crippen molar-refractivity contribution in [2.75, 3.05) is 19.5 Å². The Morgan fingerprint density at radius 3 is 2.45 bits per heavy atom. The third-order valence-electron chi connectivity index (χ3n) is 5.98. The van der Waals surface area contributed by atoms with Crippen molar-refractivity contribution in [1.82, 2.24) is 4.98 Å². The zero-order chi connectivity index (χ0) is 23.5. The molecule has 4 rings (SSSR count). The van der Waals surface area contributed by atoms with Gasteiger partial charge < -0.3 is 19.2 Å². The van der Waals surface area contributed by atoms with Gasteiger partial charge >= 0.3 is 0 Å². The maximum atomic E-state index is 13.1. The van der Waals surface area contributed by atoms with Gasteiger partial charge in [0.15, 0.2) is 5.58 Å². The zero-order valence-electron chi connectivity index (χ0n) is 19.6. The SMILES string of the molecule is CC[C@H](C)c1ccc2oc(-c3ccc(C)c(NC(=O)c4c(OC)cccc4OC)c3)nc2c1. The summed E-state index contributed by atoms with van der Waals surface area (Å²) in [5, 5.41) is 2.98. The van der Waals surface area contributed by atoms with Gasteiger partial charge in [0.05, 0.1) is 14.2 Å². The quantitative estimate of drug-likeness (QED) is 0.348. The molecular weight excluding hydrogens is 416 g/mol. The number of methoxy groups -OCH3 is 2. The smallest absolute Gasteiger partial charge is 0.263 e. The summed E-state index contributed by atoms with van der Waals surface area (Å²) in [6.45, 7) is 6.31. The predicted molar refractivity (Wildman–Crippen MR) is 130 cm³/mol. The third kappa shape index (κ3) is 4.42. The summed E-state index contributed by atoms with van der Waals surface area (Å²) in [5.74, 6) is 1.54. The fourth-order valence-corrected chi connectivity index (χ4v) is 3.76. The normalized spacial score (nSPS) is 11.9. The number of carbonyl (C=O) groups is 1. The number of nitrogens with zero attached hydrogens (tertiary/aromatic N) is 1. The highest BCUT2D eigenvalue weighted by Gasteiger charge is 2.20. The van der Waals surface area contributed by atoms with Gasteiger partial charge in [0.1, 0.15) is 22.6 Å². The van der Waals surface area contributed by atoms with Crippen LogP contribution in [0.2, 0.25) is 0 Å². The number of anilines is 1. The van der Waals surface area contributed by atoms with E-state index in [2.05, 4.69) is 31.3 Å². The van der Waals surface area contributed by atoms with Gasteiger partial charge in [0.2, 0.25) is 5.89 Å². The van der Waals surface area contributed by atoms with Crippen molar-refractivity contribution in [2.24, 2.45) is 0 Å². The van der Waals surface area contributed by atoms with Crippen molar-refractivity contribution in [2.45, 2.75) is 33.1 Å². The fourth-order valence-electron chi connectivity index (χ4n) is 3.76. The first-order valence-electron chi connectivity index (χ1n) is 11.0. The van der Waals surface area contributed by atoms with Gasteiger partial charge in [-0.25, -0.2) is 4.98 Å². The van der Waals surface area contributed by atoms with Crippen LogP contribution in [0.1, 0.15) is 47.7 Å². The number of hydrogen-bond donors (Lipinski definition) is 1. The second kappa shape index (κ2) is 9.36. The Bertz CT molecular complexity index is 1290. The number of rotatable bonds is 7. The lowest BCUT2D eigenvalue weighted by Crippen LogP contribution is -2.15. The van der Waals surface area contributed by atoms with Gasteiger partial charge in [0.25, 0.3) is 5.91 Å². The molecule has 0 aliphatic heterocycles. The van der Waals surface area contributed by atoms with Crippen molar-refractivity contribution >= 4 is 22.7 Å². The Kier molecular flexibility index (Phi) is 6.36. The summed E-state index contributed by atoms with van der Waals surface area (Å²) in [6, 6.07) is 17.1. The second-order valence-electron chi connectivity index (χ2n) is 8.08. The molecule has 0 fully saturated rings. The number of aryl methyl sites for hydroxylation is 1. The third-order valence-corrected chi connectivity index (χ3v) is 5.98. The molecule has 3 aromatic carbocycles. The van der Waals surface area contributed by atoms with E-state index in [0.717, 1.165) is 28.6 Å². The minimum Gasteiger partial charge on any atom is -0.496 e. The number of ether oxygens (including phenoxy) is 2. The van der Waals surface area contributed by atoms with Crippen LogP contribution in [0.25, 0.3) is 22.6 Å². The van der Waals surface area contributed by atoms with E-state index in [4.69, 9.17) is 18.9 Å². The van der Waals surface area contributed by atoms with E-state index in [1.807, 2.05) is 31.2 Å². The van der Waals surface area contributed by atoms with Gasteiger partial charge in [-0.2, -0.15) is 0 Å². The first kappa shape index (κ1) is 22.4. The number of amides is 1. The van der Waals surface area contributed by atoms with E-state index in [-0.39, 0.29) is 5.91 Å². The lowest BCUT2D eigenvalue weighted by Gasteiger charge is -2.14. The predicted octanol–water partition coefficient (Wildman–Crippen LogP) is 6.59. The second-order valence-corrected chi connectivity index (χ2v) is 8.08. The summed E-state index contributed by atoms with van der Waals surface area (Å²) in [4.78, 5) is 17.8. The van der Waals surface area contributed by atoms with Crippen LogP contribution in [-0.4, -0.2) is 25.1 Å². The Labute approximate surface area is 193 Å². The molecule has 6 nitrogen and oxygen atoms in total. The first-order chi connectivity index (χ1) is 15.9. The number of nitrogens with one attached hydrogen (secondary N) is 1. The first-order valence-corrected chi connectivity index (χ1v) is 11.0. The molecule has 0 spiro atoms. The number of oxazole rings is 1. The monoisotopic (exact) mass is 444 g/mol. The molecule has 0 bridgehead atoms. The lowest BCUT2D eigenvalue weighted by molar-refractivity contribution is 0.102. The summed E-state index contributed by atoms with van der Waals surface area (Å²) >= 11 is 0. The summed E-state index contributed by atoms with van der Waals surface area (Å²) < 4.78 is 16.8. The van der Waals surface area contributed by atoms with Crippen LogP contribution >= 0.6 is 0 Å². The molecule has 0 radical (unpaired) electrons. The van der Waals surface area contributed by atoms with E-state index >= 15 is 0 Å². The standard InChI is InChI=1S/C27H28N2O4/c1-6-16(2)18-12-13-22-21(14-18)29-27(33-22)19-11-10-17(3)20(15-19)28-26(30)25-23(31-4)8-7-9-24(25)32-5/h7-16H,6H2,1-5H3,(H,28,30)/t16-/m0/s1. The summed E-state index contributed by atoms with van der Waals surface area (Å²) in [7, 11) is 3.05. The molecule has 1 N–H and O–H groups in total. The molecule has 0 saturated carbocycles. The number of hydrogen-bond acceptors (Lipinski definition) is 5. The fraction of sp³-hybridized carbons (Fsp3) is 0.259. The minimum atomic E-state index is -0.319. The molecular formula is C27H28N2O4.